The summed E-state index contributed by atoms with van der Waals surface area (Å²) in [5.41, 5.74) is 3.85. The highest BCUT2D eigenvalue weighted by molar-refractivity contribution is 6.32. The molecule has 2 N–H and O–H groups in total. The zero-order valence-corrected chi connectivity index (χ0v) is 14.7. The van der Waals surface area contributed by atoms with Gasteiger partial charge in [-0.25, -0.2) is 14.8 Å². The topological polar surface area (TPSA) is 83.5 Å². The summed E-state index contributed by atoms with van der Waals surface area (Å²) >= 11 is 6.10. The fraction of sp³-hybridized carbons (Fsp3) is 0.0526. The molecule has 3 rings (SSSR count). The fourth-order valence-corrected chi connectivity index (χ4v) is 2.47. The number of hydrazone groups is 1. The summed E-state index contributed by atoms with van der Waals surface area (Å²) in [6.45, 7) is -0.281. The summed E-state index contributed by atoms with van der Waals surface area (Å²) < 4.78 is 12.8. The van der Waals surface area contributed by atoms with E-state index in [1.165, 1.54) is 30.5 Å². The number of nitrogens with zero attached hydrogens (tertiary/aromatic N) is 2. The Hall–Kier alpha value is -3.32. The fourth-order valence-electron chi connectivity index (χ4n) is 2.28. The van der Waals surface area contributed by atoms with Crippen molar-refractivity contribution in [3.63, 3.8) is 0 Å². The predicted molar refractivity (Wildman–Crippen MR) is 101 cm³/mol. The van der Waals surface area contributed by atoms with Crippen molar-refractivity contribution in [3.05, 3.63) is 76.7 Å². The van der Waals surface area contributed by atoms with Crippen LogP contribution in [-0.2, 0) is 4.79 Å². The summed E-state index contributed by atoms with van der Waals surface area (Å²) in [7, 11) is 0. The second-order valence-corrected chi connectivity index (χ2v) is 5.90. The van der Waals surface area contributed by atoms with Gasteiger partial charge < -0.3 is 5.32 Å². The van der Waals surface area contributed by atoms with Gasteiger partial charge >= 0.3 is 0 Å². The third-order valence-electron chi connectivity index (χ3n) is 3.61. The minimum absolute atomic E-state index is 0.252. The van der Waals surface area contributed by atoms with Crippen LogP contribution in [0.5, 0.6) is 0 Å². The van der Waals surface area contributed by atoms with Crippen LogP contribution in [0.3, 0.4) is 0 Å². The van der Waals surface area contributed by atoms with Gasteiger partial charge in [-0.3, -0.25) is 9.59 Å². The Kier molecular flexibility index (Phi) is 5.73. The van der Waals surface area contributed by atoms with Crippen LogP contribution in [0.4, 0.5) is 4.39 Å². The molecule has 0 saturated heterocycles. The van der Waals surface area contributed by atoms with Crippen LogP contribution in [0.1, 0.15) is 15.9 Å². The molecule has 0 saturated carbocycles. The van der Waals surface area contributed by atoms with E-state index in [9.17, 15) is 14.0 Å². The largest absolute Gasteiger partial charge is 0.343 e. The molecule has 2 aromatic carbocycles. The number of carbonyl (C=O) groups is 2. The first-order valence-electron chi connectivity index (χ1n) is 7.94. The lowest BCUT2D eigenvalue weighted by Gasteiger charge is -2.04. The molecule has 8 heteroatoms. The summed E-state index contributed by atoms with van der Waals surface area (Å²) in [5, 5.41) is 7.39. The minimum Gasteiger partial charge on any atom is -0.343 e. The standard InChI is InChI=1S/C19H14ClFN4O2/c20-18-14(9-13-3-1-2-4-16(13)24-18)10-23-25-17(26)11-22-19(27)12-5-7-15(21)8-6-12/h1-10H,11H2,(H,22,27)(H,25,26)/b23-10+. The zero-order chi connectivity index (χ0) is 19.2. The molecule has 2 amide bonds. The van der Waals surface area contributed by atoms with Crippen LogP contribution >= 0.6 is 11.6 Å². The van der Waals surface area contributed by atoms with Crippen molar-refractivity contribution < 1.29 is 14.0 Å². The van der Waals surface area contributed by atoms with Crippen molar-refractivity contribution in [2.45, 2.75) is 0 Å². The van der Waals surface area contributed by atoms with E-state index in [1.807, 2.05) is 24.3 Å². The lowest BCUT2D eigenvalue weighted by atomic mass is 10.2. The third kappa shape index (κ3) is 4.86. The maximum atomic E-state index is 12.8. The number of para-hydroxylation sites is 1. The van der Waals surface area contributed by atoms with E-state index in [2.05, 4.69) is 20.8 Å². The van der Waals surface area contributed by atoms with Crippen LogP contribution in [0.25, 0.3) is 10.9 Å². The van der Waals surface area contributed by atoms with Crippen LogP contribution in [0.2, 0.25) is 5.15 Å². The molecule has 0 spiro atoms. The van der Waals surface area contributed by atoms with Crippen molar-refractivity contribution in [1.29, 1.82) is 0 Å². The maximum Gasteiger partial charge on any atom is 0.259 e. The number of pyridine rings is 1. The Morgan fingerprint density at radius 1 is 1.15 bits per heavy atom. The molecule has 0 aliphatic heterocycles. The second kappa shape index (κ2) is 8.37. The van der Waals surface area contributed by atoms with Crippen molar-refractivity contribution in [2.75, 3.05) is 6.54 Å². The molecule has 0 bridgehead atoms. The Morgan fingerprint density at radius 3 is 2.67 bits per heavy atom. The van der Waals surface area contributed by atoms with Crippen LogP contribution in [0, 0.1) is 5.82 Å². The minimum atomic E-state index is -0.522. The van der Waals surface area contributed by atoms with Crippen molar-refractivity contribution in [1.82, 2.24) is 15.7 Å². The number of carbonyl (C=O) groups excluding carboxylic acids is 2. The summed E-state index contributed by atoms with van der Waals surface area (Å²) in [6, 6.07) is 14.3. The number of nitrogens with one attached hydrogen (secondary N) is 2. The molecular formula is C19H14ClFN4O2. The summed E-state index contributed by atoms with van der Waals surface area (Å²) in [6.07, 6.45) is 1.38. The number of hydrogen-bond donors (Lipinski definition) is 2. The number of fused-ring (bicyclic) bond motifs is 1. The van der Waals surface area contributed by atoms with Gasteiger partial charge in [-0.1, -0.05) is 29.8 Å². The first kappa shape index (κ1) is 18.5. The SMILES string of the molecule is O=C(CNC(=O)c1ccc(F)cc1)N/N=C/c1cc2ccccc2nc1Cl. The number of benzene rings is 2. The molecule has 0 fully saturated rings. The van der Waals surface area contributed by atoms with Crippen molar-refractivity contribution in [3.8, 4) is 0 Å². The van der Waals surface area contributed by atoms with Gasteiger partial charge in [0.05, 0.1) is 18.3 Å². The first-order chi connectivity index (χ1) is 13.0. The number of hydrogen-bond acceptors (Lipinski definition) is 4. The van der Waals surface area contributed by atoms with Gasteiger partial charge in [0.1, 0.15) is 11.0 Å². The van der Waals surface area contributed by atoms with E-state index in [1.54, 1.807) is 6.07 Å². The van der Waals surface area contributed by atoms with Gasteiger partial charge in [0.2, 0.25) is 0 Å². The zero-order valence-electron chi connectivity index (χ0n) is 13.9. The Balaban J connectivity index is 1.55. The van der Waals surface area contributed by atoms with Gasteiger partial charge in [0, 0.05) is 16.5 Å². The summed E-state index contributed by atoms with van der Waals surface area (Å²) in [4.78, 5) is 27.9. The quantitative estimate of drug-likeness (QED) is 0.403. The average Bonchev–Trinajstić information content (AvgIpc) is 2.67. The molecular weight excluding hydrogens is 371 g/mol. The highest BCUT2D eigenvalue weighted by atomic mass is 35.5. The monoisotopic (exact) mass is 384 g/mol. The average molecular weight is 385 g/mol. The van der Waals surface area contributed by atoms with Crippen LogP contribution < -0.4 is 10.7 Å². The molecule has 1 aromatic heterocycles. The molecule has 1 heterocycles. The lowest BCUT2D eigenvalue weighted by Crippen LogP contribution is -2.34. The third-order valence-corrected chi connectivity index (χ3v) is 3.92. The first-order valence-corrected chi connectivity index (χ1v) is 8.32. The van der Waals surface area contributed by atoms with E-state index >= 15 is 0 Å². The number of aromatic nitrogens is 1. The van der Waals surface area contributed by atoms with Gasteiger partial charge in [0.25, 0.3) is 11.8 Å². The van der Waals surface area contributed by atoms with Crippen LogP contribution in [-0.4, -0.2) is 29.6 Å². The molecule has 0 unspecified atom stereocenters. The van der Waals surface area contributed by atoms with E-state index in [4.69, 9.17) is 11.6 Å². The highest BCUT2D eigenvalue weighted by Crippen LogP contribution is 2.18. The van der Waals surface area contributed by atoms with E-state index < -0.39 is 17.6 Å². The molecule has 0 aliphatic rings. The number of amides is 2. The predicted octanol–water partition coefficient (Wildman–Crippen LogP) is 2.91. The maximum absolute atomic E-state index is 12.8. The molecule has 0 atom stereocenters. The highest BCUT2D eigenvalue weighted by Gasteiger charge is 2.08. The van der Waals surface area contributed by atoms with Gasteiger partial charge in [-0.15, -0.1) is 0 Å². The number of rotatable bonds is 5. The van der Waals surface area contributed by atoms with Gasteiger partial charge in [-0.05, 0) is 36.4 Å². The second-order valence-electron chi connectivity index (χ2n) is 5.54. The lowest BCUT2D eigenvalue weighted by molar-refractivity contribution is -0.120. The normalized spacial score (nSPS) is 10.9. The molecule has 27 heavy (non-hydrogen) atoms. The Bertz CT molecular complexity index is 1020. The molecule has 0 aliphatic carbocycles. The Labute approximate surface area is 159 Å². The van der Waals surface area contributed by atoms with Gasteiger partial charge in [-0.2, -0.15) is 5.10 Å². The molecule has 0 radical (unpaired) electrons. The van der Waals surface area contributed by atoms with E-state index in [0.29, 0.717) is 5.56 Å². The molecule has 136 valence electrons. The molecule has 6 nitrogen and oxygen atoms in total. The summed E-state index contributed by atoms with van der Waals surface area (Å²) in [5.74, 6) is -1.46. The van der Waals surface area contributed by atoms with E-state index in [0.717, 1.165) is 10.9 Å². The van der Waals surface area contributed by atoms with Gasteiger partial charge in [0.15, 0.2) is 0 Å². The smallest absolute Gasteiger partial charge is 0.259 e. The van der Waals surface area contributed by atoms with Crippen molar-refractivity contribution in [2.24, 2.45) is 5.10 Å². The number of halogens is 2. The van der Waals surface area contributed by atoms with Crippen LogP contribution in [0.15, 0.2) is 59.7 Å². The van der Waals surface area contributed by atoms with E-state index in [-0.39, 0.29) is 17.3 Å². The molecule has 3 aromatic rings. The van der Waals surface area contributed by atoms with Crippen molar-refractivity contribution >= 4 is 40.5 Å². The Morgan fingerprint density at radius 2 is 1.89 bits per heavy atom.